The van der Waals surface area contributed by atoms with Crippen LogP contribution in [0, 0.1) is 5.82 Å². The van der Waals surface area contributed by atoms with Gasteiger partial charge in [0.1, 0.15) is 17.9 Å². The molecule has 6 rings (SSSR count). The van der Waals surface area contributed by atoms with E-state index in [0.29, 0.717) is 12.0 Å². The Morgan fingerprint density at radius 2 is 1.78 bits per heavy atom. The van der Waals surface area contributed by atoms with Crippen molar-refractivity contribution in [3.63, 3.8) is 0 Å². The summed E-state index contributed by atoms with van der Waals surface area (Å²) < 4.78 is 14.3. The van der Waals surface area contributed by atoms with Crippen LogP contribution in [-0.2, 0) is 27.2 Å². The molecule has 228 valence electrons. The molecule has 0 aliphatic carbocycles. The van der Waals surface area contributed by atoms with Gasteiger partial charge in [0.15, 0.2) is 0 Å². The molecular weight excluding hydrogens is 591 g/mol. The lowest BCUT2D eigenvalue weighted by molar-refractivity contribution is -0.148. The first kappa shape index (κ1) is 30.2. The Labute approximate surface area is 265 Å². The largest absolute Gasteiger partial charge is 0.368 e. The number of primary amides is 1. The maximum atomic E-state index is 14.6. The summed E-state index contributed by atoms with van der Waals surface area (Å²) in [7, 11) is 0. The molecule has 0 radical (unpaired) electrons. The van der Waals surface area contributed by atoms with Crippen molar-refractivity contribution in [3.8, 4) is 0 Å². The quantitative estimate of drug-likeness (QED) is 0.240. The van der Waals surface area contributed by atoms with Crippen LogP contribution in [0.1, 0.15) is 36.1 Å². The summed E-state index contributed by atoms with van der Waals surface area (Å²) in [5.41, 5.74) is 8.80. The van der Waals surface area contributed by atoms with E-state index in [9.17, 15) is 18.8 Å². The number of aromatic nitrogens is 1. The molecule has 4 aromatic carbocycles. The third-order valence-electron chi connectivity index (χ3n) is 8.63. The molecule has 1 aromatic heterocycles. The summed E-state index contributed by atoms with van der Waals surface area (Å²) in [4.78, 5) is 49.2. The van der Waals surface area contributed by atoms with Crippen LogP contribution in [0.15, 0.2) is 97.2 Å². The van der Waals surface area contributed by atoms with Crippen molar-refractivity contribution in [1.82, 2.24) is 14.8 Å². The minimum absolute atomic E-state index is 0.0309. The normalized spacial score (nSPS) is 17.8. The van der Waals surface area contributed by atoms with E-state index in [1.165, 1.54) is 23.1 Å². The van der Waals surface area contributed by atoms with E-state index in [1.54, 1.807) is 11.1 Å². The fourth-order valence-corrected chi connectivity index (χ4v) is 6.52. The third kappa shape index (κ3) is 6.11. The standard InChI is InChI=1S/C36H32ClFN4O3/c1-22-15-17-41(32(35(39)44)21-25-8-4-7-24-6-2-3-10-28(24)25)36(45)34(27-12-13-30(38)29(37)20-27)42(22)33(43)19-23-11-14-31-26(18-23)9-5-16-40-31/h2-14,16,18,20,22,32,34H,15,17,19,21H2,1H3,(H2,39,44)/t22-,32-,34+/m1/s1. The highest BCUT2D eigenvalue weighted by Gasteiger charge is 2.43. The summed E-state index contributed by atoms with van der Waals surface area (Å²) in [6.45, 7) is 2.08. The van der Waals surface area contributed by atoms with Gasteiger partial charge in [-0.25, -0.2) is 4.39 Å². The van der Waals surface area contributed by atoms with Gasteiger partial charge < -0.3 is 15.5 Å². The first-order chi connectivity index (χ1) is 21.7. The van der Waals surface area contributed by atoms with E-state index in [0.717, 1.165) is 32.8 Å². The topological polar surface area (TPSA) is 96.6 Å². The zero-order valence-corrected chi connectivity index (χ0v) is 25.5. The van der Waals surface area contributed by atoms with Gasteiger partial charge in [-0.1, -0.05) is 72.3 Å². The highest BCUT2D eigenvalue weighted by Crippen LogP contribution is 2.34. The predicted octanol–water partition coefficient (Wildman–Crippen LogP) is 6.01. The summed E-state index contributed by atoms with van der Waals surface area (Å²) in [6, 6.07) is 24.5. The van der Waals surface area contributed by atoms with E-state index in [4.69, 9.17) is 17.3 Å². The molecular formula is C36H32ClFN4O3. The molecule has 1 aliphatic rings. The second-order valence-corrected chi connectivity index (χ2v) is 11.9. The molecule has 3 atom stereocenters. The molecule has 1 saturated heterocycles. The van der Waals surface area contributed by atoms with Crippen molar-refractivity contribution in [2.24, 2.45) is 5.73 Å². The van der Waals surface area contributed by atoms with Gasteiger partial charge in [0, 0.05) is 30.6 Å². The fraction of sp³-hybridized carbons (Fsp3) is 0.222. The van der Waals surface area contributed by atoms with E-state index >= 15 is 0 Å². The van der Waals surface area contributed by atoms with Crippen molar-refractivity contribution < 1.29 is 18.8 Å². The monoisotopic (exact) mass is 622 g/mol. The SMILES string of the molecule is C[C@@H]1CCN([C@H](Cc2cccc3ccccc23)C(N)=O)C(=O)[C@H](c2ccc(F)c(Cl)c2)N1C(=O)Cc1ccc2ncccc2c1. The summed E-state index contributed by atoms with van der Waals surface area (Å²) in [6.07, 6.45) is 2.35. The molecule has 0 spiro atoms. The lowest BCUT2D eigenvalue weighted by atomic mass is 9.96. The number of hydrogen-bond acceptors (Lipinski definition) is 4. The van der Waals surface area contributed by atoms with Crippen LogP contribution in [0.25, 0.3) is 21.7 Å². The number of nitrogens with two attached hydrogens (primary N) is 1. The lowest BCUT2D eigenvalue weighted by Gasteiger charge is -2.36. The van der Waals surface area contributed by atoms with Crippen molar-refractivity contribution >= 4 is 51.0 Å². The molecule has 2 N–H and O–H groups in total. The maximum absolute atomic E-state index is 14.6. The van der Waals surface area contributed by atoms with Gasteiger partial charge in [-0.15, -0.1) is 0 Å². The number of carbonyl (C=O) groups is 3. The summed E-state index contributed by atoms with van der Waals surface area (Å²) in [5, 5.41) is 2.70. The molecule has 2 heterocycles. The third-order valence-corrected chi connectivity index (χ3v) is 8.92. The number of rotatable bonds is 7. The Kier molecular flexibility index (Phi) is 8.50. The van der Waals surface area contributed by atoms with E-state index in [2.05, 4.69) is 4.98 Å². The zero-order chi connectivity index (χ0) is 31.7. The maximum Gasteiger partial charge on any atom is 0.250 e. The van der Waals surface area contributed by atoms with Gasteiger partial charge >= 0.3 is 0 Å². The molecule has 0 saturated carbocycles. The van der Waals surface area contributed by atoms with Crippen molar-refractivity contribution in [3.05, 3.63) is 125 Å². The van der Waals surface area contributed by atoms with Crippen LogP contribution < -0.4 is 5.73 Å². The zero-order valence-electron chi connectivity index (χ0n) is 24.7. The molecule has 45 heavy (non-hydrogen) atoms. The Hall–Kier alpha value is -4.82. The number of hydrogen-bond donors (Lipinski definition) is 1. The lowest BCUT2D eigenvalue weighted by Crippen LogP contribution is -2.52. The van der Waals surface area contributed by atoms with Gasteiger partial charge in [-0.05, 0) is 71.1 Å². The van der Waals surface area contributed by atoms with Gasteiger partial charge in [0.2, 0.25) is 11.8 Å². The highest BCUT2D eigenvalue weighted by molar-refractivity contribution is 6.30. The van der Waals surface area contributed by atoms with E-state index < -0.39 is 35.8 Å². The first-order valence-corrected chi connectivity index (χ1v) is 15.3. The van der Waals surface area contributed by atoms with Gasteiger partial charge in [0.05, 0.1) is 17.0 Å². The van der Waals surface area contributed by atoms with Crippen molar-refractivity contribution in [1.29, 1.82) is 0 Å². The van der Waals surface area contributed by atoms with Gasteiger partial charge in [0.25, 0.3) is 5.91 Å². The molecule has 1 fully saturated rings. The molecule has 5 aromatic rings. The van der Waals surface area contributed by atoms with Crippen molar-refractivity contribution in [2.75, 3.05) is 6.54 Å². The van der Waals surface area contributed by atoms with Crippen LogP contribution >= 0.6 is 11.6 Å². The Balaban J connectivity index is 1.38. The molecule has 9 heteroatoms. The minimum Gasteiger partial charge on any atom is -0.368 e. The van der Waals surface area contributed by atoms with Crippen LogP contribution in [0.5, 0.6) is 0 Å². The van der Waals surface area contributed by atoms with Crippen LogP contribution in [0.3, 0.4) is 0 Å². The highest BCUT2D eigenvalue weighted by atomic mass is 35.5. The molecule has 7 nitrogen and oxygen atoms in total. The van der Waals surface area contributed by atoms with Gasteiger partial charge in [-0.3, -0.25) is 19.4 Å². The Morgan fingerprint density at radius 3 is 2.58 bits per heavy atom. The number of halogens is 2. The number of fused-ring (bicyclic) bond motifs is 2. The van der Waals surface area contributed by atoms with Crippen molar-refractivity contribution in [2.45, 2.75) is 44.3 Å². The smallest absolute Gasteiger partial charge is 0.250 e. The number of benzene rings is 4. The van der Waals surface area contributed by atoms with E-state index in [1.807, 2.05) is 79.7 Å². The predicted molar refractivity (Wildman–Crippen MR) is 173 cm³/mol. The van der Waals surface area contributed by atoms with Crippen LogP contribution in [0.4, 0.5) is 4.39 Å². The number of nitrogens with zero attached hydrogens (tertiary/aromatic N) is 3. The second-order valence-electron chi connectivity index (χ2n) is 11.5. The summed E-state index contributed by atoms with van der Waals surface area (Å²) >= 11 is 6.20. The number of amides is 3. The first-order valence-electron chi connectivity index (χ1n) is 14.9. The Morgan fingerprint density at radius 1 is 1.00 bits per heavy atom. The molecule has 3 amide bonds. The molecule has 0 bridgehead atoms. The summed E-state index contributed by atoms with van der Waals surface area (Å²) in [5.74, 6) is -2.04. The molecule has 0 unspecified atom stereocenters. The average Bonchev–Trinajstić information content (AvgIpc) is 3.16. The second kappa shape index (κ2) is 12.7. The van der Waals surface area contributed by atoms with Crippen LogP contribution in [-0.4, -0.2) is 51.1 Å². The van der Waals surface area contributed by atoms with Gasteiger partial charge in [-0.2, -0.15) is 0 Å². The van der Waals surface area contributed by atoms with Crippen LogP contribution in [0.2, 0.25) is 5.02 Å². The average molecular weight is 623 g/mol. The molecule has 1 aliphatic heterocycles. The number of pyridine rings is 1. The Bertz CT molecular complexity index is 1930. The number of carbonyl (C=O) groups excluding carboxylic acids is 3. The van der Waals surface area contributed by atoms with E-state index in [-0.39, 0.29) is 30.3 Å². The minimum atomic E-state index is -1.15. The fourth-order valence-electron chi connectivity index (χ4n) is 6.33.